The summed E-state index contributed by atoms with van der Waals surface area (Å²) in [7, 11) is -3.56. The molecule has 2 aromatic rings. The lowest BCUT2D eigenvalue weighted by molar-refractivity contribution is 0.110. The topological polar surface area (TPSA) is 67.9 Å². The number of epoxide rings is 1. The van der Waals surface area contributed by atoms with Gasteiger partial charge in [0.25, 0.3) is 0 Å². The van der Waals surface area contributed by atoms with E-state index in [1.54, 1.807) is 24.3 Å². The van der Waals surface area contributed by atoms with Crippen molar-refractivity contribution in [2.75, 3.05) is 13.2 Å². The second-order valence-corrected chi connectivity index (χ2v) is 7.95. The first-order valence-electron chi connectivity index (χ1n) is 8.37. The number of nitrogens with one attached hydrogen (secondary N) is 1. The van der Waals surface area contributed by atoms with Gasteiger partial charge in [0.05, 0.1) is 30.3 Å². The van der Waals surface area contributed by atoms with Crippen LogP contribution in [0.2, 0.25) is 0 Å². The fraction of sp³-hybridized carbons (Fsp3) is 0.368. The SMILES string of the molecule is Cc1ccc(S(=O)(=O)N[C@H](CCOCc2ccccc2)[C@H]2CO2)cc1. The fourth-order valence-electron chi connectivity index (χ4n) is 2.57. The highest BCUT2D eigenvalue weighted by Crippen LogP contribution is 2.20. The second-order valence-electron chi connectivity index (χ2n) is 6.24. The molecule has 6 heteroatoms. The molecule has 1 heterocycles. The van der Waals surface area contributed by atoms with Crippen molar-refractivity contribution in [1.29, 1.82) is 0 Å². The Bertz CT molecular complexity index is 771. The zero-order chi connectivity index (χ0) is 17.7. The number of ether oxygens (including phenoxy) is 2. The lowest BCUT2D eigenvalue weighted by Gasteiger charge is -2.17. The molecule has 0 amide bonds. The van der Waals surface area contributed by atoms with Crippen molar-refractivity contribution in [3.05, 3.63) is 65.7 Å². The van der Waals surface area contributed by atoms with Gasteiger partial charge in [-0.25, -0.2) is 13.1 Å². The molecule has 0 radical (unpaired) electrons. The average Bonchev–Trinajstić information content (AvgIpc) is 3.44. The normalized spacial score (nSPS) is 18.0. The van der Waals surface area contributed by atoms with Crippen LogP contribution >= 0.6 is 0 Å². The molecule has 0 unspecified atom stereocenters. The molecule has 5 nitrogen and oxygen atoms in total. The van der Waals surface area contributed by atoms with E-state index >= 15 is 0 Å². The second kappa shape index (κ2) is 8.10. The third-order valence-electron chi connectivity index (χ3n) is 4.13. The number of hydrogen-bond acceptors (Lipinski definition) is 4. The molecule has 1 fully saturated rings. The maximum Gasteiger partial charge on any atom is 0.240 e. The van der Waals surface area contributed by atoms with Crippen molar-refractivity contribution in [3.8, 4) is 0 Å². The highest BCUT2D eigenvalue weighted by molar-refractivity contribution is 7.89. The maximum atomic E-state index is 12.5. The van der Waals surface area contributed by atoms with Crippen molar-refractivity contribution in [2.24, 2.45) is 0 Å². The van der Waals surface area contributed by atoms with Gasteiger partial charge in [-0.2, -0.15) is 0 Å². The van der Waals surface area contributed by atoms with E-state index in [1.807, 2.05) is 37.3 Å². The smallest absolute Gasteiger partial charge is 0.240 e. The molecule has 0 saturated carbocycles. The van der Waals surface area contributed by atoms with E-state index in [4.69, 9.17) is 9.47 Å². The van der Waals surface area contributed by atoms with Crippen molar-refractivity contribution >= 4 is 10.0 Å². The molecule has 2 aromatic carbocycles. The molecule has 0 spiro atoms. The summed E-state index contributed by atoms with van der Waals surface area (Å²) >= 11 is 0. The molecular formula is C19H23NO4S. The van der Waals surface area contributed by atoms with Gasteiger partial charge >= 0.3 is 0 Å². The summed E-state index contributed by atoms with van der Waals surface area (Å²) in [6, 6.07) is 16.4. The minimum atomic E-state index is -3.56. The van der Waals surface area contributed by atoms with Gasteiger partial charge in [0, 0.05) is 6.61 Å². The van der Waals surface area contributed by atoms with E-state index in [0.717, 1.165) is 11.1 Å². The van der Waals surface area contributed by atoms with Gasteiger partial charge in [-0.05, 0) is 31.0 Å². The number of benzene rings is 2. The molecule has 0 aliphatic carbocycles. The van der Waals surface area contributed by atoms with E-state index in [-0.39, 0.29) is 17.0 Å². The van der Waals surface area contributed by atoms with Gasteiger partial charge in [-0.1, -0.05) is 48.0 Å². The predicted molar refractivity (Wildman–Crippen MR) is 95.7 cm³/mol. The standard InChI is InChI=1S/C19H23NO4S/c1-15-7-9-17(10-8-15)25(21,22)20-18(19-14-24-19)11-12-23-13-16-5-3-2-4-6-16/h2-10,18-20H,11-14H2,1H3/t18-,19-/m1/s1. The van der Waals surface area contributed by atoms with Crippen molar-refractivity contribution in [3.63, 3.8) is 0 Å². The van der Waals surface area contributed by atoms with Gasteiger partial charge in [-0.3, -0.25) is 0 Å². The van der Waals surface area contributed by atoms with Gasteiger partial charge < -0.3 is 9.47 Å². The molecular weight excluding hydrogens is 338 g/mol. The lowest BCUT2D eigenvalue weighted by Crippen LogP contribution is -2.39. The Morgan fingerprint density at radius 3 is 2.48 bits per heavy atom. The Morgan fingerprint density at radius 1 is 1.16 bits per heavy atom. The monoisotopic (exact) mass is 361 g/mol. The van der Waals surface area contributed by atoms with Crippen LogP contribution in [0.1, 0.15) is 17.5 Å². The van der Waals surface area contributed by atoms with Crippen LogP contribution in [-0.4, -0.2) is 33.8 Å². The minimum Gasteiger partial charge on any atom is -0.377 e. The highest BCUT2D eigenvalue weighted by atomic mass is 32.2. The van der Waals surface area contributed by atoms with E-state index < -0.39 is 10.0 Å². The largest absolute Gasteiger partial charge is 0.377 e. The summed E-state index contributed by atoms with van der Waals surface area (Å²) in [6.45, 7) is 3.49. The minimum absolute atomic E-state index is 0.0689. The number of rotatable bonds is 9. The van der Waals surface area contributed by atoms with Crippen LogP contribution in [0.5, 0.6) is 0 Å². The van der Waals surface area contributed by atoms with Crippen LogP contribution in [0.3, 0.4) is 0 Å². The fourth-order valence-corrected chi connectivity index (χ4v) is 3.87. The molecule has 2 atom stereocenters. The molecule has 0 bridgehead atoms. The third-order valence-corrected chi connectivity index (χ3v) is 5.64. The summed E-state index contributed by atoms with van der Waals surface area (Å²) in [5, 5.41) is 0. The summed E-state index contributed by atoms with van der Waals surface area (Å²) in [6.07, 6.45) is 0.503. The Morgan fingerprint density at radius 2 is 1.84 bits per heavy atom. The quantitative estimate of drug-likeness (QED) is 0.551. The zero-order valence-electron chi connectivity index (χ0n) is 14.2. The number of hydrogen-bond donors (Lipinski definition) is 1. The van der Waals surface area contributed by atoms with E-state index in [2.05, 4.69) is 4.72 Å². The molecule has 1 aliphatic rings. The van der Waals surface area contributed by atoms with Crippen molar-refractivity contribution in [2.45, 2.75) is 37.0 Å². The van der Waals surface area contributed by atoms with Gasteiger partial charge in [-0.15, -0.1) is 0 Å². The van der Waals surface area contributed by atoms with Crippen molar-refractivity contribution < 1.29 is 17.9 Å². The van der Waals surface area contributed by atoms with Gasteiger partial charge in [0.15, 0.2) is 0 Å². The molecule has 1 N–H and O–H groups in total. The Labute approximate surface area is 149 Å². The van der Waals surface area contributed by atoms with Crippen LogP contribution < -0.4 is 4.72 Å². The summed E-state index contributed by atoms with van der Waals surface area (Å²) in [4.78, 5) is 0.272. The number of sulfonamides is 1. The predicted octanol–water partition coefficient (Wildman–Crippen LogP) is 2.65. The van der Waals surface area contributed by atoms with Gasteiger partial charge in [0.2, 0.25) is 10.0 Å². The molecule has 3 rings (SSSR count). The maximum absolute atomic E-state index is 12.5. The van der Waals surface area contributed by atoms with Crippen LogP contribution in [0.25, 0.3) is 0 Å². The van der Waals surface area contributed by atoms with Crippen molar-refractivity contribution in [1.82, 2.24) is 4.72 Å². The average molecular weight is 361 g/mol. The zero-order valence-corrected chi connectivity index (χ0v) is 15.0. The first-order valence-corrected chi connectivity index (χ1v) is 9.85. The van der Waals surface area contributed by atoms with Crippen LogP contribution in [0, 0.1) is 6.92 Å². The summed E-state index contributed by atoms with van der Waals surface area (Å²) in [5.74, 6) is 0. The third kappa shape index (κ3) is 5.37. The number of aryl methyl sites for hydroxylation is 1. The lowest BCUT2D eigenvalue weighted by atomic mass is 10.2. The Kier molecular flexibility index (Phi) is 5.86. The van der Waals surface area contributed by atoms with Crippen LogP contribution in [0.4, 0.5) is 0 Å². The first kappa shape index (κ1) is 18.1. The van der Waals surface area contributed by atoms with Gasteiger partial charge in [0.1, 0.15) is 0 Å². The van der Waals surface area contributed by atoms with Crippen LogP contribution in [0.15, 0.2) is 59.5 Å². The van der Waals surface area contributed by atoms with Crippen LogP contribution in [-0.2, 0) is 26.1 Å². The van der Waals surface area contributed by atoms with E-state index in [9.17, 15) is 8.42 Å². The molecule has 0 aromatic heterocycles. The molecule has 1 saturated heterocycles. The summed E-state index contributed by atoms with van der Waals surface area (Å²) < 4.78 is 38.8. The Hall–Kier alpha value is -1.73. The van der Waals surface area contributed by atoms with E-state index in [0.29, 0.717) is 26.2 Å². The highest BCUT2D eigenvalue weighted by Gasteiger charge is 2.35. The Balaban J connectivity index is 1.53. The van der Waals surface area contributed by atoms with E-state index in [1.165, 1.54) is 0 Å². The molecule has 1 aliphatic heterocycles. The molecule has 25 heavy (non-hydrogen) atoms. The summed E-state index contributed by atoms with van der Waals surface area (Å²) in [5.41, 5.74) is 2.12. The molecule has 134 valence electrons. The first-order chi connectivity index (χ1) is 12.0.